The smallest absolute Gasteiger partial charge is 0.193 e. The molecular weight excluding hydrogens is 192 g/mol. The molecule has 2 saturated heterocycles. The summed E-state index contributed by atoms with van der Waals surface area (Å²) in [5.41, 5.74) is 0. The predicted molar refractivity (Wildman–Crippen MR) is 58.8 cm³/mol. The Morgan fingerprint density at radius 2 is 1.93 bits per heavy atom. The van der Waals surface area contributed by atoms with Gasteiger partial charge in [-0.2, -0.15) is 0 Å². The first-order valence-electron chi connectivity index (χ1n) is 5.78. The molecule has 0 bridgehead atoms. The molecule has 0 aromatic rings. The maximum Gasteiger partial charge on any atom is 0.193 e. The van der Waals surface area contributed by atoms with Gasteiger partial charge in [0.25, 0.3) is 0 Å². The van der Waals surface area contributed by atoms with Crippen LogP contribution in [0.3, 0.4) is 0 Å². The summed E-state index contributed by atoms with van der Waals surface area (Å²) in [7, 11) is 3.45. The minimum atomic E-state index is -0.336. The van der Waals surface area contributed by atoms with E-state index in [0.29, 0.717) is 12.1 Å². The van der Waals surface area contributed by atoms with Crippen molar-refractivity contribution in [3.8, 4) is 0 Å². The minimum Gasteiger partial charge on any atom is -0.351 e. The van der Waals surface area contributed by atoms with Crippen molar-refractivity contribution >= 4 is 0 Å². The van der Waals surface area contributed by atoms with Crippen molar-refractivity contribution in [2.45, 2.75) is 37.6 Å². The maximum absolute atomic E-state index is 5.39. The van der Waals surface area contributed by atoms with E-state index < -0.39 is 0 Å². The summed E-state index contributed by atoms with van der Waals surface area (Å²) in [4.78, 5) is 2.46. The second kappa shape index (κ2) is 4.37. The van der Waals surface area contributed by atoms with Gasteiger partial charge in [0.05, 0.1) is 13.1 Å². The van der Waals surface area contributed by atoms with Gasteiger partial charge in [-0.15, -0.1) is 0 Å². The zero-order valence-electron chi connectivity index (χ0n) is 9.95. The van der Waals surface area contributed by atoms with Crippen molar-refractivity contribution in [3.63, 3.8) is 0 Å². The normalized spacial score (nSPS) is 36.2. The number of ether oxygens (including phenoxy) is 2. The zero-order valence-corrected chi connectivity index (χ0v) is 9.95. The van der Waals surface area contributed by atoms with E-state index >= 15 is 0 Å². The molecule has 2 atom stereocenters. The number of nitrogens with one attached hydrogen (secondary N) is 1. The van der Waals surface area contributed by atoms with Gasteiger partial charge in [0.15, 0.2) is 5.79 Å². The van der Waals surface area contributed by atoms with Gasteiger partial charge in [0, 0.05) is 26.3 Å². The fourth-order valence-corrected chi connectivity index (χ4v) is 2.67. The van der Waals surface area contributed by atoms with E-state index in [9.17, 15) is 0 Å². The molecule has 0 aromatic heterocycles. The second-order valence-corrected chi connectivity index (χ2v) is 4.68. The van der Waals surface area contributed by atoms with Crippen LogP contribution < -0.4 is 5.32 Å². The van der Waals surface area contributed by atoms with Crippen molar-refractivity contribution < 1.29 is 9.47 Å². The van der Waals surface area contributed by atoms with Crippen molar-refractivity contribution in [3.05, 3.63) is 0 Å². The SMILES string of the molecule is COC1(OC)CN(C2CCCNC2C)C1. The van der Waals surface area contributed by atoms with Gasteiger partial charge in [-0.3, -0.25) is 4.90 Å². The molecule has 2 aliphatic heterocycles. The summed E-state index contributed by atoms with van der Waals surface area (Å²) in [6.07, 6.45) is 2.57. The number of hydrogen-bond donors (Lipinski definition) is 1. The number of hydrogen-bond acceptors (Lipinski definition) is 4. The highest BCUT2D eigenvalue weighted by Gasteiger charge is 2.47. The van der Waals surface area contributed by atoms with Gasteiger partial charge < -0.3 is 14.8 Å². The van der Waals surface area contributed by atoms with Crippen LogP contribution in [0.1, 0.15) is 19.8 Å². The third-order valence-electron chi connectivity index (χ3n) is 3.82. The van der Waals surface area contributed by atoms with Crippen molar-refractivity contribution in [2.75, 3.05) is 33.9 Å². The maximum atomic E-state index is 5.39. The van der Waals surface area contributed by atoms with E-state index in [2.05, 4.69) is 17.1 Å². The van der Waals surface area contributed by atoms with Crippen LogP contribution in [0.15, 0.2) is 0 Å². The molecule has 0 spiro atoms. The van der Waals surface area contributed by atoms with E-state index in [4.69, 9.17) is 9.47 Å². The lowest BCUT2D eigenvalue weighted by molar-refractivity contribution is -0.284. The molecule has 2 fully saturated rings. The quantitative estimate of drug-likeness (QED) is 0.691. The first-order valence-corrected chi connectivity index (χ1v) is 5.78. The van der Waals surface area contributed by atoms with Crippen LogP contribution >= 0.6 is 0 Å². The summed E-state index contributed by atoms with van der Waals surface area (Å²) < 4.78 is 10.8. The minimum absolute atomic E-state index is 0.336. The number of likely N-dealkylation sites (tertiary alicyclic amines) is 1. The number of nitrogens with zero attached hydrogens (tertiary/aromatic N) is 1. The summed E-state index contributed by atoms with van der Waals surface area (Å²) in [5, 5.41) is 3.52. The zero-order chi connectivity index (χ0) is 10.9. The molecular formula is C11H22N2O2. The highest BCUT2D eigenvalue weighted by molar-refractivity contribution is 4.97. The largest absolute Gasteiger partial charge is 0.351 e. The molecule has 2 rings (SSSR count). The van der Waals surface area contributed by atoms with Crippen LogP contribution in [0, 0.1) is 0 Å². The molecule has 4 heteroatoms. The Morgan fingerprint density at radius 1 is 1.27 bits per heavy atom. The molecule has 2 heterocycles. The van der Waals surface area contributed by atoms with Crippen LogP contribution in [0.2, 0.25) is 0 Å². The van der Waals surface area contributed by atoms with Crippen molar-refractivity contribution in [1.29, 1.82) is 0 Å². The van der Waals surface area contributed by atoms with E-state index in [1.165, 1.54) is 12.8 Å². The highest BCUT2D eigenvalue weighted by Crippen LogP contribution is 2.30. The Morgan fingerprint density at radius 3 is 2.47 bits per heavy atom. The van der Waals surface area contributed by atoms with Gasteiger partial charge >= 0.3 is 0 Å². The van der Waals surface area contributed by atoms with Gasteiger partial charge in [-0.25, -0.2) is 0 Å². The van der Waals surface area contributed by atoms with Crippen molar-refractivity contribution in [1.82, 2.24) is 10.2 Å². The standard InChI is InChI=1S/C11H22N2O2/c1-9-10(5-4-6-12-9)13-7-11(8-13,14-2)15-3/h9-10,12H,4-8H2,1-3H3. The van der Waals surface area contributed by atoms with E-state index in [1.54, 1.807) is 14.2 Å². The first-order chi connectivity index (χ1) is 7.21. The fraction of sp³-hybridized carbons (Fsp3) is 1.00. The van der Waals surface area contributed by atoms with Crippen LogP contribution in [-0.4, -0.2) is 56.6 Å². The van der Waals surface area contributed by atoms with Crippen LogP contribution in [-0.2, 0) is 9.47 Å². The van der Waals surface area contributed by atoms with E-state index in [-0.39, 0.29) is 5.79 Å². The Kier molecular flexibility index (Phi) is 3.30. The third kappa shape index (κ3) is 2.04. The Balaban J connectivity index is 1.87. The third-order valence-corrected chi connectivity index (χ3v) is 3.82. The fourth-order valence-electron chi connectivity index (χ4n) is 2.67. The molecule has 0 amide bonds. The second-order valence-electron chi connectivity index (χ2n) is 4.68. The molecule has 0 radical (unpaired) electrons. The Labute approximate surface area is 91.9 Å². The Bertz CT molecular complexity index is 211. The van der Waals surface area contributed by atoms with Crippen LogP contribution in [0.4, 0.5) is 0 Å². The number of rotatable bonds is 3. The summed E-state index contributed by atoms with van der Waals surface area (Å²) in [6, 6.07) is 1.24. The lowest BCUT2D eigenvalue weighted by Gasteiger charge is -2.53. The van der Waals surface area contributed by atoms with Crippen molar-refractivity contribution in [2.24, 2.45) is 0 Å². The summed E-state index contributed by atoms with van der Waals surface area (Å²) in [6.45, 7) is 5.22. The summed E-state index contributed by atoms with van der Waals surface area (Å²) in [5.74, 6) is -0.336. The lowest BCUT2D eigenvalue weighted by Crippen LogP contribution is -2.69. The predicted octanol–water partition coefficient (Wildman–Crippen LogP) is 0.432. The Hall–Kier alpha value is -0.160. The van der Waals surface area contributed by atoms with Crippen LogP contribution in [0.5, 0.6) is 0 Å². The molecule has 2 aliphatic rings. The van der Waals surface area contributed by atoms with Gasteiger partial charge in [-0.1, -0.05) is 0 Å². The van der Waals surface area contributed by atoms with Gasteiger partial charge in [0.2, 0.25) is 0 Å². The lowest BCUT2D eigenvalue weighted by atomic mass is 9.93. The molecule has 0 aliphatic carbocycles. The first kappa shape index (κ1) is 11.3. The molecule has 15 heavy (non-hydrogen) atoms. The average Bonchev–Trinajstić information content (AvgIpc) is 2.20. The molecule has 88 valence electrons. The van der Waals surface area contributed by atoms with Gasteiger partial charge in [0.1, 0.15) is 0 Å². The topological polar surface area (TPSA) is 33.7 Å². The molecule has 0 saturated carbocycles. The highest BCUT2D eigenvalue weighted by atomic mass is 16.7. The molecule has 1 N–H and O–H groups in total. The van der Waals surface area contributed by atoms with Crippen LogP contribution in [0.25, 0.3) is 0 Å². The number of methoxy groups -OCH3 is 2. The summed E-state index contributed by atoms with van der Waals surface area (Å²) >= 11 is 0. The van der Waals surface area contributed by atoms with E-state index in [0.717, 1.165) is 19.6 Å². The monoisotopic (exact) mass is 214 g/mol. The number of piperidine rings is 1. The molecule has 4 nitrogen and oxygen atoms in total. The van der Waals surface area contributed by atoms with E-state index in [1.807, 2.05) is 0 Å². The van der Waals surface area contributed by atoms with Gasteiger partial charge in [-0.05, 0) is 26.3 Å². The average molecular weight is 214 g/mol. The molecule has 2 unspecified atom stereocenters. The molecule has 0 aromatic carbocycles.